The molecule has 2 atom stereocenters. The first-order valence-corrected chi connectivity index (χ1v) is 6.78. The summed E-state index contributed by atoms with van der Waals surface area (Å²) in [6, 6.07) is 5.37. The van der Waals surface area contributed by atoms with Gasteiger partial charge in [0.2, 0.25) is 0 Å². The molecule has 0 N–H and O–H groups in total. The molecule has 2 aliphatic rings. The van der Waals surface area contributed by atoms with Crippen LogP contribution in [0, 0.1) is 0 Å². The van der Waals surface area contributed by atoms with Gasteiger partial charge in [-0.1, -0.05) is 23.2 Å². The molecular weight excluding hydrogens is 273 g/mol. The van der Waals surface area contributed by atoms with E-state index in [-0.39, 0.29) is 18.0 Å². The van der Waals surface area contributed by atoms with E-state index in [0.29, 0.717) is 28.8 Å². The van der Waals surface area contributed by atoms with Crippen molar-refractivity contribution >= 4 is 29.1 Å². The van der Waals surface area contributed by atoms with Gasteiger partial charge in [0.15, 0.2) is 0 Å². The van der Waals surface area contributed by atoms with Gasteiger partial charge in [0.05, 0.1) is 35.9 Å². The number of fused-ring (bicyclic) bond motifs is 2. The molecule has 0 aromatic heterocycles. The minimum Gasteiger partial charge on any atom is -0.377 e. The first-order valence-electron chi connectivity index (χ1n) is 6.02. The van der Waals surface area contributed by atoms with Gasteiger partial charge in [-0.05, 0) is 31.0 Å². The molecule has 18 heavy (non-hydrogen) atoms. The Balaban J connectivity index is 1.93. The molecule has 2 heterocycles. The zero-order valence-corrected chi connectivity index (χ0v) is 11.2. The highest BCUT2D eigenvalue weighted by atomic mass is 35.5. The van der Waals surface area contributed by atoms with Crippen LogP contribution in [0.4, 0.5) is 0 Å². The lowest BCUT2D eigenvalue weighted by Crippen LogP contribution is -2.49. The molecule has 1 aromatic rings. The number of rotatable bonds is 1. The standard InChI is InChI=1S/C13H13Cl2NO2/c14-8-1-4-12(15)11(5-8)13(17)16-9-2-3-10(16)7-18-6-9/h1,4-5,9-10H,2-3,6-7H2. The third-order valence-electron chi connectivity index (χ3n) is 3.63. The number of benzene rings is 1. The number of amides is 1. The minimum atomic E-state index is -0.0294. The van der Waals surface area contributed by atoms with E-state index in [1.54, 1.807) is 18.2 Å². The van der Waals surface area contributed by atoms with Crippen LogP contribution in [0.2, 0.25) is 10.0 Å². The molecule has 2 bridgehead atoms. The molecule has 2 aliphatic heterocycles. The van der Waals surface area contributed by atoms with Crippen LogP contribution < -0.4 is 0 Å². The molecule has 0 radical (unpaired) electrons. The average molecular weight is 286 g/mol. The molecule has 0 aliphatic carbocycles. The molecule has 3 nitrogen and oxygen atoms in total. The van der Waals surface area contributed by atoms with Gasteiger partial charge < -0.3 is 9.64 Å². The first-order chi connectivity index (χ1) is 8.66. The summed E-state index contributed by atoms with van der Waals surface area (Å²) >= 11 is 12.0. The smallest absolute Gasteiger partial charge is 0.256 e. The number of morpholine rings is 1. The summed E-state index contributed by atoms with van der Waals surface area (Å²) in [4.78, 5) is 14.5. The summed E-state index contributed by atoms with van der Waals surface area (Å²) in [5.74, 6) is -0.0294. The maximum Gasteiger partial charge on any atom is 0.256 e. The van der Waals surface area contributed by atoms with Crippen LogP contribution in [0.25, 0.3) is 0 Å². The van der Waals surface area contributed by atoms with E-state index in [4.69, 9.17) is 27.9 Å². The fraction of sp³-hybridized carbons (Fsp3) is 0.462. The van der Waals surface area contributed by atoms with Crippen molar-refractivity contribution in [3.63, 3.8) is 0 Å². The average Bonchev–Trinajstić information content (AvgIpc) is 2.61. The second-order valence-corrected chi connectivity index (χ2v) is 5.60. The van der Waals surface area contributed by atoms with E-state index < -0.39 is 0 Å². The Morgan fingerprint density at radius 1 is 1.22 bits per heavy atom. The number of hydrogen-bond donors (Lipinski definition) is 0. The molecule has 2 unspecified atom stereocenters. The molecule has 2 saturated heterocycles. The topological polar surface area (TPSA) is 29.5 Å². The number of carbonyl (C=O) groups is 1. The second kappa shape index (κ2) is 4.72. The van der Waals surface area contributed by atoms with Crippen LogP contribution in [-0.4, -0.2) is 36.1 Å². The van der Waals surface area contributed by atoms with Crippen molar-refractivity contribution in [1.82, 2.24) is 4.90 Å². The largest absolute Gasteiger partial charge is 0.377 e. The van der Waals surface area contributed by atoms with Crippen LogP contribution in [0.1, 0.15) is 23.2 Å². The number of halogens is 2. The fourth-order valence-corrected chi connectivity index (χ4v) is 3.13. The summed E-state index contributed by atoms with van der Waals surface area (Å²) in [5.41, 5.74) is 0.489. The van der Waals surface area contributed by atoms with Gasteiger partial charge in [0.25, 0.3) is 5.91 Å². The van der Waals surface area contributed by atoms with E-state index in [1.165, 1.54) is 0 Å². The normalized spacial score (nSPS) is 26.4. The Hall–Kier alpha value is -0.770. The molecule has 0 spiro atoms. The van der Waals surface area contributed by atoms with Gasteiger partial charge >= 0.3 is 0 Å². The zero-order chi connectivity index (χ0) is 12.7. The van der Waals surface area contributed by atoms with Crippen LogP contribution in [0.15, 0.2) is 18.2 Å². The third kappa shape index (κ3) is 2.00. The van der Waals surface area contributed by atoms with Gasteiger partial charge in [-0.25, -0.2) is 0 Å². The lowest BCUT2D eigenvalue weighted by atomic mass is 10.1. The second-order valence-electron chi connectivity index (χ2n) is 4.76. The lowest BCUT2D eigenvalue weighted by Gasteiger charge is -2.34. The Morgan fingerprint density at radius 2 is 1.89 bits per heavy atom. The Kier molecular flexibility index (Phi) is 3.22. The van der Waals surface area contributed by atoms with Gasteiger partial charge in [-0.15, -0.1) is 0 Å². The van der Waals surface area contributed by atoms with E-state index in [0.717, 1.165) is 12.8 Å². The van der Waals surface area contributed by atoms with Crippen molar-refractivity contribution in [3.05, 3.63) is 33.8 Å². The predicted molar refractivity (Wildman–Crippen MR) is 70.3 cm³/mol. The highest BCUT2D eigenvalue weighted by molar-refractivity contribution is 6.35. The Labute approximate surface area is 116 Å². The zero-order valence-electron chi connectivity index (χ0n) is 9.73. The molecule has 0 saturated carbocycles. The van der Waals surface area contributed by atoms with E-state index in [2.05, 4.69) is 0 Å². The monoisotopic (exact) mass is 285 g/mol. The van der Waals surface area contributed by atoms with Gasteiger partial charge in [0.1, 0.15) is 0 Å². The van der Waals surface area contributed by atoms with Crippen molar-refractivity contribution < 1.29 is 9.53 Å². The van der Waals surface area contributed by atoms with Crippen molar-refractivity contribution in [2.75, 3.05) is 13.2 Å². The summed E-state index contributed by atoms with van der Waals surface area (Å²) in [6.07, 6.45) is 2.02. The number of carbonyl (C=O) groups excluding carboxylic acids is 1. The van der Waals surface area contributed by atoms with E-state index in [9.17, 15) is 4.79 Å². The first kappa shape index (κ1) is 12.3. The molecule has 1 aromatic carbocycles. The van der Waals surface area contributed by atoms with Gasteiger partial charge in [0, 0.05) is 5.02 Å². The van der Waals surface area contributed by atoms with Crippen molar-refractivity contribution in [3.8, 4) is 0 Å². The minimum absolute atomic E-state index is 0.0294. The molecule has 2 fully saturated rings. The number of ether oxygens (including phenoxy) is 1. The fourth-order valence-electron chi connectivity index (χ4n) is 2.76. The van der Waals surface area contributed by atoms with Crippen LogP contribution in [0.3, 0.4) is 0 Å². The molecule has 96 valence electrons. The van der Waals surface area contributed by atoms with Crippen LogP contribution in [-0.2, 0) is 4.74 Å². The quantitative estimate of drug-likeness (QED) is 0.794. The summed E-state index contributed by atoms with van der Waals surface area (Å²) in [5, 5.41) is 0.985. The molecular formula is C13H13Cl2NO2. The number of hydrogen-bond acceptors (Lipinski definition) is 2. The highest BCUT2D eigenvalue weighted by Crippen LogP contribution is 2.32. The van der Waals surface area contributed by atoms with Crippen molar-refractivity contribution in [1.29, 1.82) is 0 Å². The van der Waals surface area contributed by atoms with E-state index >= 15 is 0 Å². The van der Waals surface area contributed by atoms with E-state index in [1.807, 2.05) is 4.90 Å². The lowest BCUT2D eigenvalue weighted by molar-refractivity contribution is -0.00714. The highest BCUT2D eigenvalue weighted by Gasteiger charge is 2.41. The summed E-state index contributed by atoms with van der Waals surface area (Å²) < 4.78 is 5.47. The maximum atomic E-state index is 12.6. The molecule has 5 heteroatoms. The maximum absolute atomic E-state index is 12.6. The number of nitrogens with zero attached hydrogens (tertiary/aromatic N) is 1. The molecule has 3 rings (SSSR count). The molecule has 1 amide bonds. The Bertz CT molecular complexity index is 476. The van der Waals surface area contributed by atoms with Gasteiger partial charge in [-0.3, -0.25) is 4.79 Å². The SMILES string of the molecule is O=C(c1cc(Cl)ccc1Cl)N1C2CCC1COC2. The van der Waals surface area contributed by atoms with Crippen LogP contribution >= 0.6 is 23.2 Å². The van der Waals surface area contributed by atoms with Gasteiger partial charge in [-0.2, -0.15) is 0 Å². The predicted octanol–water partition coefficient (Wildman–Crippen LogP) is 3.00. The summed E-state index contributed by atoms with van der Waals surface area (Å²) in [6.45, 7) is 1.25. The third-order valence-corrected chi connectivity index (χ3v) is 4.20. The van der Waals surface area contributed by atoms with Crippen molar-refractivity contribution in [2.45, 2.75) is 24.9 Å². The summed E-state index contributed by atoms with van der Waals surface area (Å²) in [7, 11) is 0. The Morgan fingerprint density at radius 3 is 2.56 bits per heavy atom. The van der Waals surface area contributed by atoms with Crippen molar-refractivity contribution in [2.24, 2.45) is 0 Å². The van der Waals surface area contributed by atoms with Crippen LogP contribution in [0.5, 0.6) is 0 Å².